The van der Waals surface area contributed by atoms with Crippen LogP contribution in [-0.4, -0.2) is 0 Å². The predicted molar refractivity (Wildman–Crippen MR) is 76.8 cm³/mol. The van der Waals surface area contributed by atoms with E-state index in [2.05, 4.69) is 22.5 Å². The Morgan fingerprint density at radius 3 is 2.53 bits per heavy atom. The molecule has 1 nitrogen and oxygen atoms in total. The maximum absolute atomic E-state index is 5.75. The molecule has 0 aliphatic rings. The van der Waals surface area contributed by atoms with Crippen LogP contribution >= 0.6 is 15.9 Å². The lowest BCUT2D eigenvalue weighted by atomic mass is 10.2. The van der Waals surface area contributed by atoms with Gasteiger partial charge in [0.15, 0.2) is 0 Å². The molecule has 0 aliphatic carbocycles. The lowest BCUT2D eigenvalue weighted by Crippen LogP contribution is -1.95. The summed E-state index contributed by atoms with van der Waals surface area (Å²) in [6.07, 6.45) is 3.90. The predicted octanol–water partition coefficient (Wildman–Crippen LogP) is 4.96. The molecule has 0 amide bonds. The third-order valence-corrected chi connectivity index (χ3v) is 2.89. The van der Waals surface area contributed by atoms with E-state index in [0.717, 1.165) is 21.4 Å². The van der Waals surface area contributed by atoms with Crippen molar-refractivity contribution in [3.05, 3.63) is 70.4 Å². The molecule has 1 rings (SSSR count). The molecule has 0 radical (unpaired) electrons. The minimum absolute atomic E-state index is 0.559. The molecule has 2 heteroatoms. The SMILES string of the molecule is C=C(C)/C(=C\C(Br)=C/C)OCc1ccccc1. The van der Waals surface area contributed by atoms with Gasteiger partial charge in [0, 0.05) is 4.48 Å². The number of ether oxygens (including phenoxy) is 1. The van der Waals surface area contributed by atoms with E-state index in [1.165, 1.54) is 0 Å². The molecule has 0 unspecified atom stereocenters. The summed E-state index contributed by atoms with van der Waals surface area (Å²) in [5.41, 5.74) is 2.07. The van der Waals surface area contributed by atoms with Crippen LogP contribution in [0.1, 0.15) is 19.4 Å². The highest BCUT2D eigenvalue weighted by molar-refractivity contribution is 9.11. The third kappa shape index (κ3) is 5.05. The monoisotopic (exact) mass is 292 g/mol. The molecule has 0 N–H and O–H groups in total. The summed E-state index contributed by atoms with van der Waals surface area (Å²) in [7, 11) is 0. The second-order valence-electron chi connectivity index (χ2n) is 3.74. The molecule has 0 saturated heterocycles. The zero-order valence-corrected chi connectivity index (χ0v) is 11.8. The minimum atomic E-state index is 0.559. The zero-order chi connectivity index (χ0) is 12.7. The van der Waals surface area contributed by atoms with Crippen LogP contribution in [0.15, 0.2) is 64.9 Å². The van der Waals surface area contributed by atoms with E-state index in [4.69, 9.17) is 4.74 Å². The normalized spacial score (nSPS) is 12.4. The van der Waals surface area contributed by atoms with Crippen LogP contribution in [0.2, 0.25) is 0 Å². The lowest BCUT2D eigenvalue weighted by molar-refractivity contribution is 0.207. The summed E-state index contributed by atoms with van der Waals surface area (Å²) in [6.45, 7) is 8.38. The summed E-state index contributed by atoms with van der Waals surface area (Å²) in [4.78, 5) is 0. The first kappa shape index (κ1) is 13.8. The van der Waals surface area contributed by atoms with Gasteiger partial charge in [-0.05, 0) is 31.1 Å². The summed E-state index contributed by atoms with van der Waals surface area (Å²) >= 11 is 3.44. The Hall–Kier alpha value is -1.28. The van der Waals surface area contributed by atoms with Gasteiger partial charge in [0.1, 0.15) is 12.4 Å². The first-order valence-electron chi connectivity index (χ1n) is 5.49. The molecular formula is C15H17BrO. The van der Waals surface area contributed by atoms with Crippen molar-refractivity contribution >= 4 is 15.9 Å². The van der Waals surface area contributed by atoms with Gasteiger partial charge in [-0.1, -0.05) is 58.9 Å². The maximum Gasteiger partial charge on any atom is 0.123 e. The van der Waals surface area contributed by atoms with Crippen molar-refractivity contribution in [3.8, 4) is 0 Å². The van der Waals surface area contributed by atoms with Gasteiger partial charge in [0.05, 0.1) is 0 Å². The highest BCUT2D eigenvalue weighted by Gasteiger charge is 2.01. The number of hydrogen-bond acceptors (Lipinski definition) is 1. The Kier molecular flexibility index (Phi) is 5.78. The number of hydrogen-bond donors (Lipinski definition) is 0. The van der Waals surface area contributed by atoms with E-state index in [1.54, 1.807) is 0 Å². The van der Waals surface area contributed by atoms with Crippen LogP contribution in [0, 0.1) is 0 Å². The second-order valence-corrected chi connectivity index (χ2v) is 4.65. The van der Waals surface area contributed by atoms with E-state index < -0.39 is 0 Å². The number of allylic oxidation sites excluding steroid dienone is 4. The van der Waals surface area contributed by atoms with Crippen molar-refractivity contribution in [1.82, 2.24) is 0 Å². The molecular weight excluding hydrogens is 276 g/mol. The Bertz CT molecular complexity index is 429. The maximum atomic E-state index is 5.75. The summed E-state index contributed by atoms with van der Waals surface area (Å²) in [5.74, 6) is 0.804. The molecule has 0 aromatic heterocycles. The topological polar surface area (TPSA) is 9.23 Å². The molecule has 90 valence electrons. The second kappa shape index (κ2) is 7.13. The van der Waals surface area contributed by atoms with Crippen LogP contribution < -0.4 is 0 Å². The summed E-state index contributed by atoms with van der Waals surface area (Å²) in [5, 5.41) is 0. The molecule has 17 heavy (non-hydrogen) atoms. The fraction of sp³-hybridized carbons (Fsp3) is 0.200. The van der Waals surface area contributed by atoms with E-state index in [9.17, 15) is 0 Å². The molecule has 0 heterocycles. The van der Waals surface area contributed by atoms with Gasteiger partial charge in [-0.3, -0.25) is 0 Å². The van der Waals surface area contributed by atoms with Crippen molar-refractivity contribution in [2.75, 3.05) is 0 Å². The smallest absolute Gasteiger partial charge is 0.123 e. The standard InChI is InChI=1S/C15H17BrO/c1-4-14(16)10-15(12(2)3)17-11-13-8-6-5-7-9-13/h4-10H,2,11H2,1,3H3/b14-4+,15-10+. The van der Waals surface area contributed by atoms with Gasteiger partial charge < -0.3 is 4.74 Å². The van der Waals surface area contributed by atoms with E-state index in [0.29, 0.717) is 6.61 Å². The largest absolute Gasteiger partial charge is 0.489 e. The van der Waals surface area contributed by atoms with Crippen LogP contribution in [0.25, 0.3) is 0 Å². The quantitative estimate of drug-likeness (QED) is 0.550. The average molecular weight is 293 g/mol. The van der Waals surface area contributed by atoms with Crippen molar-refractivity contribution in [1.29, 1.82) is 0 Å². The van der Waals surface area contributed by atoms with Crippen LogP contribution in [-0.2, 0) is 11.3 Å². The van der Waals surface area contributed by atoms with Gasteiger partial charge in [0.25, 0.3) is 0 Å². The molecule has 0 aliphatic heterocycles. The average Bonchev–Trinajstić information content (AvgIpc) is 2.35. The minimum Gasteiger partial charge on any atom is -0.489 e. The molecule has 0 fully saturated rings. The Labute approximate surface area is 112 Å². The first-order chi connectivity index (χ1) is 8.13. The van der Waals surface area contributed by atoms with Gasteiger partial charge in [-0.25, -0.2) is 0 Å². The van der Waals surface area contributed by atoms with Crippen LogP contribution in [0.4, 0.5) is 0 Å². The number of rotatable bonds is 5. The van der Waals surface area contributed by atoms with E-state index in [-0.39, 0.29) is 0 Å². The highest BCUT2D eigenvalue weighted by atomic mass is 79.9. The van der Waals surface area contributed by atoms with Crippen LogP contribution in [0.3, 0.4) is 0 Å². The highest BCUT2D eigenvalue weighted by Crippen LogP contribution is 2.17. The Balaban J connectivity index is 2.70. The van der Waals surface area contributed by atoms with Crippen molar-refractivity contribution in [2.45, 2.75) is 20.5 Å². The molecule has 1 aromatic rings. The summed E-state index contributed by atoms with van der Waals surface area (Å²) < 4.78 is 6.74. The number of benzene rings is 1. The molecule has 0 saturated carbocycles. The third-order valence-electron chi connectivity index (χ3n) is 2.20. The molecule has 0 bridgehead atoms. The lowest BCUT2D eigenvalue weighted by Gasteiger charge is -2.10. The molecule has 0 spiro atoms. The zero-order valence-electron chi connectivity index (χ0n) is 10.2. The molecule has 0 atom stereocenters. The fourth-order valence-corrected chi connectivity index (χ4v) is 1.44. The molecule has 1 aromatic carbocycles. The van der Waals surface area contributed by atoms with Crippen molar-refractivity contribution in [2.24, 2.45) is 0 Å². The fourth-order valence-electron chi connectivity index (χ4n) is 1.23. The Morgan fingerprint density at radius 2 is 2.00 bits per heavy atom. The Morgan fingerprint density at radius 1 is 1.35 bits per heavy atom. The van der Waals surface area contributed by atoms with Gasteiger partial charge in [-0.15, -0.1) is 0 Å². The van der Waals surface area contributed by atoms with Gasteiger partial charge >= 0.3 is 0 Å². The van der Waals surface area contributed by atoms with E-state index >= 15 is 0 Å². The van der Waals surface area contributed by atoms with Gasteiger partial charge in [-0.2, -0.15) is 0 Å². The van der Waals surface area contributed by atoms with Crippen LogP contribution in [0.5, 0.6) is 0 Å². The van der Waals surface area contributed by atoms with Gasteiger partial charge in [0.2, 0.25) is 0 Å². The summed E-state index contributed by atoms with van der Waals surface area (Å²) in [6, 6.07) is 10.1. The van der Waals surface area contributed by atoms with E-state index in [1.807, 2.05) is 56.3 Å². The first-order valence-corrected chi connectivity index (χ1v) is 6.29. The number of halogens is 1. The van der Waals surface area contributed by atoms with Crippen molar-refractivity contribution in [3.63, 3.8) is 0 Å². The van der Waals surface area contributed by atoms with Crippen molar-refractivity contribution < 1.29 is 4.74 Å².